The first-order chi connectivity index (χ1) is 20.4. The summed E-state index contributed by atoms with van der Waals surface area (Å²) >= 11 is 0. The van der Waals surface area contributed by atoms with Crippen LogP contribution in [0.15, 0.2) is 36.7 Å². The molecule has 2 aromatic heterocycles. The van der Waals surface area contributed by atoms with E-state index in [0.29, 0.717) is 0 Å². The maximum atomic E-state index is 16.1. The topological polar surface area (TPSA) is 185 Å². The van der Waals surface area contributed by atoms with E-state index < -0.39 is 56.9 Å². The van der Waals surface area contributed by atoms with Crippen LogP contribution in [0.1, 0.15) is 32.9 Å². The number of hydrogen-bond donors (Lipinski definition) is 4. The summed E-state index contributed by atoms with van der Waals surface area (Å²) in [5, 5.41) is 16.3. The van der Waals surface area contributed by atoms with E-state index in [2.05, 4.69) is 25.4 Å². The van der Waals surface area contributed by atoms with E-state index in [-0.39, 0.29) is 41.3 Å². The summed E-state index contributed by atoms with van der Waals surface area (Å²) in [7, 11) is -4.48. The first-order valence-electron chi connectivity index (χ1n) is 13.5. The summed E-state index contributed by atoms with van der Waals surface area (Å²) in [5.74, 6) is -0.683. The zero-order chi connectivity index (χ0) is 30.9. The van der Waals surface area contributed by atoms with Crippen molar-refractivity contribution in [2.75, 3.05) is 24.3 Å². The Morgan fingerprint density at radius 3 is 2.67 bits per heavy atom. The largest absolute Gasteiger partial charge is 0.465 e. The average Bonchev–Trinajstić information content (AvgIpc) is 3.62. The van der Waals surface area contributed by atoms with Gasteiger partial charge in [0.2, 0.25) is 11.6 Å². The lowest BCUT2D eigenvalue weighted by Gasteiger charge is -2.28. The minimum atomic E-state index is -4.48. The van der Waals surface area contributed by atoms with Crippen molar-refractivity contribution in [2.24, 2.45) is 0 Å². The van der Waals surface area contributed by atoms with Crippen LogP contribution in [0.25, 0.3) is 11.2 Å². The minimum absolute atomic E-state index is 0.0445. The summed E-state index contributed by atoms with van der Waals surface area (Å²) in [5.41, 5.74) is 2.17. The van der Waals surface area contributed by atoms with Crippen LogP contribution in [-0.2, 0) is 23.4 Å². The molecule has 1 unspecified atom stereocenters. The van der Waals surface area contributed by atoms with Gasteiger partial charge < -0.3 is 30.2 Å². The van der Waals surface area contributed by atoms with Gasteiger partial charge in [-0.05, 0) is 38.8 Å². The molecule has 2 fully saturated rings. The van der Waals surface area contributed by atoms with E-state index in [1.165, 1.54) is 19.1 Å². The number of alkyl halides is 3. The van der Waals surface area contributed by atoms with E-state index in [1.54, 1.807) is 25.1 Å². The molecule has 1 saturated heterocycles. The highest BCUT2D eigenvalue weighted by atomic mass is 31.2. The third kappa shape index (κ3) is 6.40. The number of aliphatic hydroxyl groups excluding tert-OH is 1. The molecule has 5 rings (SSSR count). The van der Waals surface area contributed by atoms with Gasteiger partial charge in [0.15, 0.2) is 23.2 Å². The number of ether oxygens (including phenoxy) is 2. The van der Waals surface area contributed by atoms with Crippen LogP contribution in [-0.4, -0.2) is 80.2 Å². The fourth-order valence-electron chi connectivity index (χ4n) is 4.49. The van der Waals surface area contributed by atoms with Gasteiger partial charge in [-0.1, -0.05) is 18.2 Å². The number of rotatable bonds is 13. The smallest absolute Gasteiger partial charge is 0.459 e. The van der Waals surface area contributed by atoms with Crippen molar-refractivity contribution in [3.05, 3.63) is 36.7 Å². The fourth-order valence-corrected chi connectivity index (χ4v) is 5.99. The number of aliphatic hydroxyl groups is 1. The zero-order valence-electron chi connectivity index (χ0n) is 23.1. The molecule has 1 aromatic carbocycles. The Kier molecular flexibility index (Phi) is 8.81. The molecule has 0 spiro atoms. The first kappa shape index (κ1) is 30.9. The lowest BCUT2D eigenvalue weighted by atomic mass is 9.96. The van der Waals surface area contributed by atoms with E-state index in [4.69, 9.17) is 24.3 Å². The van der Waals surface area contributed by atoms with Crippen molar-refractivity contribution < 1.29 is 46.2 Å². The third-order valence-corrected chi connectivity index (χ3v) is 8.44. The number of esters is 1. The number of carbonyl (C=O) groups excluding carboxylic acids is 1. The maximum absolute atomic E-state index is 16.1. The third-order valence-electron chi connectivity index (χ3n) is 6.80. The lowest BCUT2D eigenvalue weighted by Crippen LogP contribution is -2.49. The Morgan fingerprint density at radius 1 is 1.30 bits per heavy atom. The van der Waals surface area contributed by atoms with Crippen LogP contribution in [0.3, 0.4) is 0 Å². The van der Waals surface area contributed by atoms with Gasteiger partial charge >= 0.3 is 13.7 Å². The minimum Gasteiger partial charge on any atom is -0.465 e. The van der Waals surface area contributed by atoms with Crippen LogP contribution in [0.5, 0.6) is 5.75 Å². The highest BCUT2D eigenvalue weighted by molar-refractivity contribution is 7.52. The van der Waals surface area contributed by atoms with Gasteiger partial charge in [0.05, 0.1) is 19.5 Å². The van der Waals surface area contributed by atoms with Gasteiger partial charge in [0, 0.05) is 6.04 Å². The fraction of sp³-hybridized carbons (Fsp3) is 0.520. The Bertz CT molecular complexity index is 1500. The molecule has 2 aliphatic rings. The van der Waals surface area contributed by atoms with Crippen molar-refractivity contribution in [2.45, 2.75) is 69.3 Å². The quantitative estimate of drug-likeness (QED) is 0.160. The molecule has 43 heavy (non-hydrogen) atoms. The van der Waals surface area contributed by atoms with Crippen LogP contribution in [0, 0.1) is 0 Å². The summed E-state index contributed by atoms with van der Waals surface area (Å²) in [6.07, 6.45) is -7.34. The molecule has 6 atom stereocenters. The van der Waals surface area contributed by atoms with Gasteiger partial charge in [0.25, 0.3) is 6.43 Å². The van der Waals surface area contributed by atoms with Crippen LogP contribution >= 0.6 is 7.75 Å². The molecule has 1 aliphatic carbocycles. The summed E-state index contributed by atoms with van der Waals surface area (Å²) in [6, 6.07) is 6.68. The van der Waals surface area contributed by atoms with Gasteiger partial charge in [0.1, 0.15) is 24.0 Å². The number of halogens is 3. The molecule has 0 radical (unpaired) electrons. The summed E-state index contributed by atoms with van der Waals surface area (Å²) in [4.78, 5) is 24.5. The van der Waals surface area contributed by atoms with E-state index in [0.717, 1.165) is 23.7 Å². The zero-order valence-corrected chi connectivity index (χ0v) is 24.0. The number of hydrogen-bond acceptors (Lipinski definition) is 12. The predicted molar refractivity (Wildman–Crippen MR) is 146 cm³/mol. The summed E-state index contributed by atoms with van der Waals surface area (Å²) in [6.45, 7) is 2.08. The maximum Gasteiger partial charge on any atom is 0.459 e. The van der Waals surface area contributed by atoms with Crippen LogP contribution < -0.4 is 20.7 Å². The predicted octanol–water partition coefficient (Wildman–Crippen LogP) is 2.96. The van der Waals surface area contributed by atoms with Crippen LogP contribution in [0.4, 0.5) is 24.9 Å². The Balaban J connectivity index is 1.41. The second-order valence-electron chi connectivity index (χ2n) is 10.1. The number of fused-ring (bicyclic) bond motifs is 1. The number of benzene rings is 1. The molecule has 5 N–H and O–H groups in total. The Morgan fingerprint density at radius 2 is 2.02 bits per heavy atom. The second-order valence-corrected chi connectivity index (χ2v) is 11.8. The number of imidazole rings is 1. The normalized spacial score (nSPS) is 25.9. The van der Waals surface area contributed by atoms with Gasteiger partial charge in [-0.25, -0.2) is 22.7 Å². The molecule has 14 nitrogen and oxygen atoms in total. The number of aromatic nitrogens is 4. The number of nitrogens with zero attached hydrogens (tertiary/aromatic N) is 4. The highest BCUT2D eigenvalue weighted by Gasteiger charge is 2.64. The summed E-state index contributed by atoms with van der Waals surface area (Å²) < 4.78 is 80.8. The number of nitrogens with two attached hydrogens (primary N) is 1. The first-order valence-corrected chi connectivity index (χ1v) is 15.0. The van der Waals surface area contributed by atoms with Crippen molar-refractivity contribution in [3.8, 4) is 5.75 Å². The number of para-hydroxylation sites is 1. The molecule has 3 aromatic rings. The Labute approximate surface area is 243 Å². The number of nitrogens with one attached hydrogen (secondary N) is 2. The molecular formula is C25H31F3N7O7P. The standard InChI is InChI=1S/C25H31F3N7O7P/c1-3-39-21(37)13(2)34-43(38,42-15-7-5-4-6-8-15)40-11-16-18(36)25(28,22(26)27)23(41-16)35-12-30-17-19(31-14-9-10-14)32-24(29)33-20(17)35/h4-8,12-14,16,18,22-23,36H,3,9-11H2,1-2H3,(H,34,38)(H3,29,31,32,33)/t13-,16+,18+,23+,25-,43?/m0/s1. The van der Waals surface area contributed by atoms with Gasteiger partial charge in [-0.15, -0.1) is 0 Å². The lowest BCUT2D eigenvalue weighted by molar-refractivity contribution is -0.144. The molecule has 1 saturated carbocycles. The molecule has 3 heterocycles. The molecule has 18 heteroatoms. The SMILES string of the molecule is CCOC(=O)[C@H](C)NP(=O)(OC[C@H]1O[C@@H](n2cnc3c(NC4CC4)nc(N)nc32)[C@@](F)(C(F)F)[C@@H]1O)Oc1ccccc1. The Hall–Kier alpha value is -3.50. The molecule has 0 bridgehead atoms. The number of anilines is 2. The molecular weight excluding hydrogens is 598 g/mol. The van der Waals surface area contributed by atoms with E-state index >= 15 is 4.39 Å². The van der Waals surface area contributed by atoms with Crippen molar-refractivity contribution >= 4 is 36.6 Å². The van der Waals surface area contributed by atoms with Crippen molar-refractivity contribution in [1.82, 2.24) is 24.6 Å². The van der Waals surface area contributed by atoms with Gasteiger partial charge in [-0.2, -0.15) is 15.1 Å². The highest BCUT2D eigenvalue weighted by Crippen LogP contribution is 2.50. The monoisotopic (exact) mass is 629 g/mol. The van der Waals surface area contributed by atoms with E-state index in [9.17, 15) is 23.2 Å². The van der Waals surface area contributed by atoms with Gasteiger partial charge in [-0.3, -0.25) is 13.9 Å². The second kappa shape index (κ2) is 12.2. The molecule has 0 amide bonds. The molecule has 1 aliphatic heterocycles. The number of carbonyl (C=O) groups is 1. The number of nitrogen functional groups attached to an aromatic ring is 1. The van der Waals surface area contributed by atoms with E-state index in [1.807, 2.05) is 0 Å². The van der Waals surface area contributed by atoms with Crippen molar-refractivity contribution in [1.29, 1.82) is 0 Å². The van der Waals surface area contributed by atoms with Crippen LogP contribution in [0.2, 0.25) is 0 Å². The average molecular weight is 630 g/mol. The van der Waals surface area contributed by atoms with Crippen molar-refractivity contribution in [3.63, 3.8) is 0 Å². The molecule has 234 valence electrons.